The van der Waals surface area contributed by atoms with Crippen LogP contribution in [0, 0.1) is 5.82 Å². The van der Waals surface area contributed by atoms with Gasteiger partial charge in [0.2, 0.25) is 0 Å². The van der Waals surface area contributed by atoms with Crippen molar-refractivity contribution < 1.29 is 33.4 Å². The maximum Gasteiger partial charge on any atom is 0.411 e. The fourth-order valence-electron chi connectivity index (χ4n) is 4.74. The number of hydrogen-bond acceptors (Lipinski definition) is 6. The van der Waals surface area contributed by atoms with Crippen LogP contribution in [0.1, 0.15) is 93.7 Å². The van der Waals surface area contributed by atoms with E-state index >= 15 is 0 Å². The molecule has 37 heavy (non-hydrogen) atoms. The van der Waals surface area contributed by atoms with Crippen LogP contribution in [0.3, 0.4) is 0 Å². The molecular weight excluding hydrogens is 479 g/mol. The predicted octanol–water partition coefficient (Wildman–Crippen LogP) is 5.62. The van der Waals surface area contributed by atoms with Crippen molar-refractivity contribution in [3.05, 3.63) is 35.6 Å². The predicted molar refractivity (Wildman–Crippen MR) is 139 cm³/mol. The van der Waals surface area contributed by atoms with Gasteiger partial charge in [-0.1, -0.05) is 12.1 Å². The highest BCUT2D eigenvalue weighted by atomic mass is 19.1. The van der Waals surface area contributed by atoms with Gasteiger partial charge in [0.15, 0.2) is 0 Å². The zero-order chi connectivity index (χ0) is 28.6. The van der Waals surface area contributed by atoms with E-state index in [1.807, 2.05) is 48.5 Å². The maximum atomic E-state index is 13.3. The molecule has 9 heteroatoms. The third-order valence-electron chi connectivity index (χ3n) is 6.28. The summed E-state index contributed by atoms with van der Waals surface area (Å²) in [7, 11) is 0. The van der Waals surface area contributed by atoms with Crippen molar-refractivity contribution >= 4 is 18.5 Å². The minimum atomic E-state index is -0.934. The Morgan fingerprint density at radius 2 is 1.46 bits per heavy atom. The average molecular weight is 523 g/mol. The van der Waals surface area contributed by atoms with Gasteiger partial charge in [0.25, 0.3) is 0 Å². The van der Waals surface area contributed by atoms with E-state index in [1.54, 1.807) is 37.8 Å². The summed E-state index contributed by atoms with van der Waals surface area (Å²) in [5.74, 6) is -0.404. The van der Waals surface area contributed by atoms with E-state index in [0.717, 1.165) is 6.29 Å². The fraction of sp³-hybridized carbons (Fsp3) is 0.679. The molecule has 1 aromatic carbocycles. The van der Waals surface area contributed by atoms with Gasteiger partial charge < -0.3 is 19.4 Å². The zero-order valence-corrected chi connectivity index (χ0v) is 23.8. The molecule has 2 amide bonds. The molecule has 1 unspecified atom stereocenters. The standard InChI is InChI=1S/C17H24FNO3.C11H19NO3/c1-16(2,3)22-15(21)19-13(10-17(19,4)5)14(20)11-7-6-8-12(18)9-11;1-10(2,3)15-9(14)12-8(7-13)6-11(12,4)5/h6-9,13-14,20H,10H2,1-5H3;7-8H,6H2,1-5H3/t13-,14-;/m1./s1. The topological polar surface area (TPSA) is 96.4 Å². The molecule has 208 valence electrons. The molecule has 0 bridgehead atoms. The van der Waals surface area contributed by atoms with E-state index in [0.29, 0.717) is 18.4 Å². The highest BCUT2D eigenvalue weighted by Crippen LogP contribution is 2.43. The molecule has 0 aliphatic carbocycles. The summed E-state index contributed by atoms with van der Waals surface area (Å²) in [6, 6.07) is 5.10. The summed E-state index contributed by atoms with van der Waals surface area (Å²) in [6.45, 7) is 18.5. The van der Waals surface area contributed by atoms with Crippen molar-refractivity contribution in [3.8, 4) is 0 Å². The summed E-state index contributed by atoms with van der Waals surface area (Å²) < 4.78 is 24.0. The van der Waals surface area contributed by atoms with Crippen molar-refractivity contribution in [1.82, 2.24) is 9.80 Å². The van der Waals surface area contributed by atoms with Gasteiger partial charge in [0.05, 0.1) is 18.2 Å². The van der Waals surface area contributed by atoms with Gasteiger partial charge in [-0.3, -0.25) is 9.80 Å². The van der Waals surface area contributed by atoms with Crippen LogP contribution in [0.2, 0.25) is 0 Å². The van der Waals surface area contributed by atoms with Crippen LogP contribution in [0.25, 0.3) is 0 Å². The lowest BCUT2D eigenvalue weighted by Crippen LogP contribution is -2.67. The van der Waals surface area contributed by atoms with Gasteiger partial charge in [-0.15, -0.1) is 0 Å². The van der Waals surface area contributed by atoms with Crippen LogP contribution < -0.4 is 0 Å². The first-order valence-corrected chi connectivity index (χ1v) is 12.6. The molecule has 2 heterocycles. The molecule has 2 aliphatic heterocycles. The van der Waals surface area contributed by atoms with Crippen molar-refractivity contribution in [2.75, 3.05) is 0 Å². The molecule has 2 fully saturated rings. The summed E-state index contributed by atoms with van der Waals surface area (Å²) in [4.78, 5) is 37.9. The second kappa shape index (κ2) is 10.6. The van der Waals surface area contributed by atoms with Crippen LogP contribution in [-0.2, 0) is 14.3 Å². The molecule has 2 aliphatic rings. The Morgan fingerprint density at radius 3 is 1.86 bits per heavy atom. The largest absolute Gasteiger partial charge is 0.444 e. The van der Waals surface area contributed by atoms with Crippen LogP contribution in [0.15, 0.2) is 24.3 Å². The molecule has 8 nitrogen and oxygen atoms in total. The van der Waals surface area contributed by atoms with Crippen LogP contribution in [0.4, 0.5) is 14.0 Å². The van der Waals surface area contributed by atoms with Crippen LogP contribution >= 0.6 is 0 Å². The van der Waals surface area contributed by atoms with Gasteiger partial charge in [0.1, 0.15) is 23.3 Å². The van der Waals surface area contributed by atoms with E-state index in [1.165, 1.54) is 17.0 Å². The number of hydrogen-bond donors (Lipinski definition) is 1. The summed E-state index contributed by atoms with van der Waals surface area (Å²) in [5.41, 5.74) is -1.31. The van der Waals surface area contributed by atoms with Crippen LogP contribution in [-0.4, -0.2) is 67.7 Å². The number of aldehydes is 1. The number of amides is 2. The SMILES string of the molecule is CC(C)(C)OC(=O)N1C(C=O)CC1(C)C.CC(C)(C)OC(=O)N1[C@@H]([C@H](O)c2cccc(F)c2)CC1(C)C. The lowest BCUT2D eigenvalue weighted by Gasteiger charge is -2.56. The van der Waals surface area contributed by atoms with Crippen molar-refractivity contribution in [2.24, 2.45) is 0 Å². The number of ether oxygens (including phenoxy) is 2. The lowest BCUT2D eigenvalue weighted by atomic mass is 9.77. The Bertz CT molecular complexity index is 995. The third-order valence-corrected chi connectivity index (χ3v) is 6.28. The molecule has 0 aromatic heterocycles. The average Bonchev–Trinajstić information content (AvgIpc) is 2.67. The first-order chi connectivity index (χ1) is 16.7. The second-order valence-electron chi connectivity index (χ2n) is 13.0. The lowest BCUT2D eigenvalue weighted by molar-refractivity contribution is -0.125. The highest BCUT2D eigenvalue weighted by Gasteiger charge is 2.52. The van der Waals surface area contributed by atoms with Crippen LogP contribution in [0.5, 0.6) is 0 Å². The van der Waals surface area contributed by atoms with Gasteiger partial charge in [-0.25, -0.2) is 14.0 Å². The van der Waals surface area contributed by atoms with Crippen molar-refractivity contribution in [1.29, 1.82) is 0 Å². The van der Waals surface area contributed by atoms with E-state index in [2.05, 4.69) is 0 Å². The van der Waals surface area contributed by atoms with Gasteiger partial charge in [-0.2, -0.15) is 0 Å². The zero-order valence-electron chi connectivity index (χ0n) is 23.8. The molecular formula is C28H43FN2O6. The summed E-state index contributed by atoms with van der Waals surface area (Å²) in [5, 5.41) is 10.5. The van der Waals surface area contributed by atoms with E-state index in [9.17, 15) is 23.9 Å². The molecule has 2 saturated heterocycles. The minimum Gasteiger partial charge on any atom is -0.444 e. The third kappa shape index (κ3) is 7.66. The number of aliphatic hydroxyl groups is 1. The quantitative estimate of drug-likeness (QED) is 0.518. The van der Waals surface area contributed by atoms with E-state index < -0.39 is 41.4 Å². The fourth-order valence-corrected chi connectivity index (χ4v) is 4.74. The first kappa shape index (κ1) is 30.5. The normalized spacial score (nSPS) is 22.9. The minimum absolute atomic E-state index is 0.270. The summed E-state index contributed by atoms with van der Waals surface area (Å²) >= 11 is 0. The Kier molecular flexibility index (Phi) is 8.74. The number of carbonyl (C=O) groups is 3. The number of rotatable bonds is 3. The maximum absolute atomic E-state index is 13.3. The molecule has 0 saturated carbocycles. The van der Waals surface area contributed by atoms with E-state index in [-0.39, 0.29) is 17.1 Å². The molecule has 1 aromatic rings. The Hall–Kier alpha value is -2.68. The Morgan fingerprint density at radius 1 is 0.973 bits per heavy atom. The molecule has 3 rings (SSSR count). The van der Waals surface area contributed by atoms with Crippen molar-refractivity contribution in [3.63, 3.8) is 0 Å². The van der Waals surface area contributed by atoms with Gasteiger partial charge >= 0.3 is 12.2 Å². The molecule has 3 atom stereocenters. The number of nitrogens with zero attached hydrogens (tertiary/aromatic N) is 2. The van der Waals surface area contributed by atoms with Gasteiger partial charge in [-0.05, 0) is 99.8 Å². The van der Waals surface area contributed by atoms with Crippen molar-refractivity contribution in [2.45, 2.75) is 123 Å². The molecule has 0 spiro atoms. The monoisotopic (exact) mass is 522 g/mol. The first-order valence-electron chi connectivity index (χ1n) is 12.6. The number of aliphatic hydroxyl groups excluding tert-OH is 1. The Labute approximate surface area is 220 Å². The number of benzene rings is 1. The molecule has 0 radical (unpaired) electrons. The second-order valence-corrected chi connectivity index (χ2v) is 13.0. The molecule has 1 N–H and O–H groups in total. The number of likely N-dealkylation sites (tertiary alicyclic amines) is 2. The van der Waals surface area contributed by atoms with Gasteiger partial charge in [0, 0.05) is 11.1 Å². The number of halogens is 1. The highest BCUT2D eigenvalue weighted by molar-refractivity contribution is 5.77. The van der Waals surface area contributed by atoms with E-state index in [4.69, 9.17) is 9.47 Å². The smallest absolute Gasteiger partial charge is 0.411 e. The Balaban J connectivity index is 0.000000281. The number of carbonyl (C=O) groups excluding carboxylic acids is 3. The summed E-state index contributed by atoms with van der Waals surface area (Å²) in [6.07, 6.45) is 0.339.